The third-order valence-electron chi connectivity index (χ3n) is 4.22. The summed E-state index contributed by atoms with van der Waals surface area (Å²) in [5, 5.41) is 0.193. The van der Waals surface area contributed by atoms with Crippen molar-refractivity contribution in [3.63, 3.8) is 0 Å². The van der Waals surface area contributed by atoms with Gasteiger partial charge >= 0.3 is 0 Å². The van der Waals surface area contributed by atoms with Crippen LogP contribution in [0.3, 0.4) is 0 Å². The van der Waals surface area contributed by atoms with Crippen LogP contribution in [0.4, 0.5) is 11.4 Å². The number of halogens is 2. The maximum absolute atomic E-state index is 12.8. The normalized spacial score (nSPS) is 12.9. The summed E-state index contributed by atoms with van der Waals surface area (Å²) < 4.78 is 0. The first-order chi connectivity index (χ1) is 12.5. The first-order valence-electron chi connectivity index (χ1n) is 8.25. The number of hydrogen-bond acceptors (Lipinski definition) is 4. The van der Waals surface area contributed by atoms with E-state index in [0.29, 0.717) is 0 Å². The van der Waals surface area contributed by atoms with Gasteiger partial charge in [-0.1, -0.05) is 68.3 Å². The van der Waals surface area contributed by atoms with Crippen LogP contribution in [0.5, 0.6) is 0 Å². The van der Waals surface area contributed by atoms with Crippen molar-refractivity contribution in [3.8, 4) is 0 Å². The van der Waals surface area contributed by atoms with Crippen molar-refractivity contribution < 1.29 is 9.59 Å². The number of anilines is 2. The maximum Gasteiger partial charge on any atom is 0.168 e. The van der Waals surface area contributed by atoms with E-state index >= 15 is 0 Å². The van der Waals surface area contributed by atoms with Gasteiger partial charge in [-0.2, -0.15) is 0 Å². The first kappa shape index (κ1) is 20.6. The minimum Gasteiger partial charge on any atom is -0.367 e. The zero-order valence-corrected chi connectivity index (χ0v) is 18.0. The highest BCUT2D eigenvalue weighted by Crippen LogP contribution is 2.23. The number of Topliss-reactive ketones (excluding diaryl/α,β-unsaturated/α-hetero) is 2. The van der Waals surface area contributed by atoms with Crippen molar-refractivity contribution >= 4 is 54.8 Å². The topological polar surface area (TPSA) is 40.6 Å². The largest absolute Gasteiger partial charge is 0.367 e. The number of carbonyl (C=O) groups excluding carboxylic acids is 2. The number of alkyl halides is 2. The van der Waals surface area contributed by atoms with Gasteiger partial charge in [0.2, 0.25) is 0 Å². The molecule has 0 amide bonds. The van der Waals surface area contributed by atoms with Gasteiger partial charge in [-0.05, 0) is 24.3 Å². The Bertz CT molecular complexity index is 725. The van der Waals surface area contributed by atoms with Gasteiger partial charge < -0.3 is 9.80 Å². The number of hydrogen-bond donors (Lipinski definition) is 0. The lowest BCUT2D eigenvalue weighted by Crippen LogP contribution is -2.50. The number of para-hydroxylation sites is 2. The summed E-state index contributed by atoms with van der Waals surface area (Å²) in [5.74, 6) is -0.0904. The molecular formula is C20H22Br2N2O2. The van der Waals surface area contributed by atoms with E-state index in [4.69, 9.17) is 0 Å². The lowest BCUT2D eigenvalue weighted by atomic mass is 10.0. The fourth-order valence-corrected chi connectivity index (χ4v) is 3.88. The molecule has 2 atom stereocenters. The third-order valence-corrected chi connectivity index (χ3v) is 5.78. The van der Waals surface area contributed by atoms with Crippen LogP contribution < -0.4 is 9.80 Å². The Labute approximate surface area is 171 Å². The average molecular weight is 482 g/mol. The number of rotatable bonds is 9. The Morgan fingerprint density at radius 3 is 1.88 bits per heavy atom. The van der Waals surface area contributed by atoms with Gasteiger partial charge in [0, 0.05) is 25.5 Å². The molecule has 0 radical (unpaired) electrons. The molecule has 0 saturated carbocycles. The third kappa shape index (κ3) is 5.17. The predicted octanol–water partition coefficient (Wildman–Crippen LogP) is 3.92. The second-order valence-electron chi connectivity index (χ2n) is 6.05. The molecule has 2 unspecified atom stereocenters. The Morgan fingerprint density at radius 2 is 1.38 bits per heavy atom. The van der Waals surface area contributed by atoms with Crippen molar-refractivity contribution in [2.75, 3.05) is 35.8 Å². The van der Waals surface area contributed by atoms with Crippen LogP contribution in [0.25, 0.3) is 0 Å². The van der Waals surface area contributed by atoms with Crippen molar-refractivity contribution in [1.82, 2.24) is 0 Å². The molecule has 0 N–H and O–H groups in total. The van der Waals surface area contributed by atoms with Gasteiger partial charge in [0.15, 0.2) is 11.6 Å². The lowest BCUT2D eigenvalue weighted by Gasteiger charge is -2.32. The molecule has 2 aromatic carbocycles. The molecule has 0 heterocycles. The maximum atomic E-state index is 12.8. The summed E-state index contributed by atoms with van der Waals surface area (Å²) in [4.78, 5) is 28.5. The molecular weight excluding hydrogens is 460 g/mol. The van der Waals surface area contributed by atoms with Crippen LogP contribution in [0.2, 0.25) is 0 Å². The predicted molar refractivity (Wildman–Crippen MR) is 115 cm³/mol. The highest BCUT2D eigenvalue weighted by Gasteiger charge is 2.34. The molecule has 0 aromatic heterocycles. The van der Waals surface area contributed by atoms with E-state index in [1.807, 2.05) is 84.6 Å². The SMILES string of the molecule is CN(CC(=O)C(Br)C(C(=O)CBr)N(C)c1ccccc1)c1ccccc1. The summed E-state index contributed by atoms with van der Waals surface area (Å²) in [6.45, 7) is 0.217. The number of ketones is 2. The lowest BCUT2D eigenvalue weighted by molar-refractivity contribution is -0.122. The molecule has 0 aliphatic carbocycles. The molecule has 0 bridgehead atoms. The standard InChI is InChI=1S/C20H22Br2N2O2/c1-23(15-9-5-3-6-10-15)14-18(26)19(22)20(17(25)13-21)24(2)16-11-7-4-8-12-16/h3-12,19-20H,13-14H2,1-2H3. The van der Waals surface area contributed by atoms with Gasteiger partial charge in [0.05, 0.1) is 11.9 Å². The van der Waals surface area contributed by atoms with Gasteiger partial charge in [-0.25, -0.2) is 0 Å². The molecule has 0 aliphatic rings. The van der Waals surface area contributed by atoms with E-state index < -0.39 is 10.9 Å². The summed E-state index contributed by atoms with van der Waals surface area (Å²) in [6, 6.07) is 18.7. The molecule has 4 nitrogen and oxygen atoms in total. The quantitative estimate of drug-likeness (QED) is 0.509. The minimum atomic E-state index is -0.607. The van der Waals surface area contributed by atoms with Crippen molar-refractivity contribution in [1.29, 1.82) is 0 Å². The molecule has 0 spiro atoms. The second kappa shape index (κ2) is 9.88. The molecule has 0 aliphatic heterocycles. The van der Waals surface area contributed by atoms with E-state index in [1.54, 1.807) is 0 Å². The number of carbonyl (C=O) groups is 2. The first-order valence-corrected chi connectivity index (χ1v) is 10.3. The van der Waals surface area contributed by atoms with Crippen molar-refractivity contribution in [3.05, 3.63) is 60.7 Å². The number of nitrogens with zero attached hydrogens (tertiary/aromatic N) is 2. The van der Waals surface area contributed by atoms with Crippen LogP contribution in [0.1, 0.15) is 0 Å². The van der Waals surface area contributed by atoms with Crippen LogP contribution in [-0.4, -0.2) is 48.4 Å². The summed E-state index contributed by atoms with van der Waals surface area (Å²) in [5.41, 5.74) is 1.85. The summed E-state index contributed by atoms with van der Waals surface area (Å²) >= 11 is 6.73. The van der Waals surface area contributed by atoms with Gasteiger partial charge in [-0.15, -0.1) is 0 Å². The average Bonchev–Trinajstić information content (AvgIpc) is 2.68. The molecule has 26 heavy (non-hydrogen) atoms. The Balaban J connectivity index is 2.16. The Morgan fingerprint density at radius 1 is 0.885 bits per heavy atom. The fraction of sp³-hybridized carbons (Fsp3) is 0.300. The van der Waals surface area contributed by atoms with E-state index in [1.165, 1.54) is 0 Å². The van der Waals surface area contributed by atoms with Crippen molar-refractivity contribution in [2.45, 2.75) is 10.9 Å². The van der Waals surface area contributed by atoms with Gasteiger partial charge in [0.1, 0.15) is 10.9 Å². The van der Waals surface area contributed by atoms with Crippen molar-refractivity contribution in [2.24, 2.45) is 0 Å². The monoisotopic (exact) mass is 480 g/mol. The van der Waals surface area contributed by atoms with Gasteiger partial charge in [0.25, 0.3) is 0 Å². The second-order valence-corrected chi connectivity index (χ2v) is 7.60. The Kier molecular flexibility index (Phi) is 7.85. The highest BCUT2D eigenvalue weighted by atomic mass is 79.9. The van der Waals surface area contributed by atoms with E-state index in [0.717, 1.165) is 11.4 Å². The Hall–Kier alpha value is -1.66. The fourth-order valence-electron chi connectivity index (χ4n) is 2.75. The van der Waals surface area contributed by atoms with E-state index in [9.17, 15) is 9.59 Å². The molecule has 2 rings (SSSR count). The molecule has 6 heteroatoms. The summed E-state index contributed by atoms with van der Waals surface area (Å²) in [7, 11) is 3.71. The minimum absolute atomic E-state index is 0.0431. The number of likely N-dealkylation sites (N-methyl/N-ethyl adjacent to an activating group) is 2. The highest BCUT2D eigenvalue weighted by molar-refractivity contribution is 9.10. The smallest absolute Gasteiger partial charge is 0.168 e. The zero-order valence-electron chi connectivity index (χ0n) is 14.8. The molecule has 0 fully saturated rings. The zero-order chi connectivity index (χ0) is 19.1. The van der Waals surface area contributed by atoms with Gasteiger partial charge in [-0.3, -0.25) is 9.59 Å². The molecule has 2 aromatic rings. The van der Waals surface area contributed by atoms with Crippen LogP contribution in [-0.2, 0) is 9.59 Å². The van der Waals surface area contributed by atoms with E-state index in [2.05, 4.69) is 31.9 Å². The molecule has 138 valence electrons. The summed E-state index contributed by atoms with van der Waals surface area (Å²) in [6.07, 6.45) is 0. The number of benzene rings is 2. The van der Waals surface area contributed by atoms with Crippen LogP contribution in [0.15, 0.2) is 60.7 Å². The van der Waals surface area contributed by atoms with E-state index in [-0.39, 0.29) is 23.4 Å². The molecule has 0 saturated heterocycles. The van der Waals surface area contributed by atoms with Crippen LogP contribution in [0, 0.1) is 0 Å². The van der Waals surface area contributed by atoms with Crippen LogP contribution >= 0.6 is 31.9 Å².